The Hall–Kier alpha value is -0.960. The van der Waals surface area contributed by atoms with Gasteiger partial charge in [-0.2, -0.15) is 0 Å². The van der Waals surface area contributed by atoms with E-state index >= 15 is 0 Å². The van der Waals surface area contributed by atoms with E-state index in [-0.39, 0.29) is 11.5 Å². The molecular weight excluding hydrogens is 470 g/mol. The second kappa shape index (κ2) is 6.87. The zero-order chi connectivity index (χ0) is 15.6. The predicted molar refractivity (Wildman–Crippen MR) is 91.0 cm³/mol. The van der Waals surface area contributed by atoms with Gasteiger partial charge in [-0.05, 0) is 55.6 Å². The topological polar surface area (TPSA) is 77.1 Å². The number of benzene rings is 1. The van der Waals surface area contributed by atoms with E-state index in [1.807, 2.05) is 0 Å². The maximum Gasteiger partial charge on any atom is 0.265 e. The molecule has 1 aromatic carbocycles. The number of carbonyl (C=O) groups excluding carboxylic acids is 1. The summed E-state index contributed by atoms with van der Waals surface area (Å²) < 4.78 is 3.57. The van der Waals surface area contributed by atoms with Crippen LogP contribution >= 0.6 is 47.8 Å². The molecule has 0 spiro atoms. The number of nitrogens with zero attached hydrogens (tertiary/aromatic N) is 1. The number of amides is 1. The van der Waals surface area contributed by atoms with Crippen molar-refractivity contribution >= 4 is 53.7 Å². The van der Waals surface area contributed by atoms with E-state index in [4.69, 9.17) is 5.84 Å². The summed E-state index contributed by atoms with van der Waals surface area (Å²) in [5.74, 6) is 4.73. The number of hydrogen-bond acceptors (Lipinski definition) is 3. The van der Waals surface area contributed by atoms with Gasteiger partial charge in [-0.25, -0.2) is 5.84 Å². The molecule has 0 unspecified atom stereocenters. The minimum atomic E-state index is -0.371. The normalized spacial score (nSPS) is 10.5. The smallest absolute Gasteiger partial charge is 0.265 e. The molecule has 21 heavy (non-hydrogen) atoms. The molecule has 1 aromatic heterocycles. The van der Waals surface area contributed by atoms with Crippen LogP contribution in [0.2, 0.25) is 0 Å². The van der Waals surface area contributed by atoms with Gasteiger partial charge in [0.15, 0.2) is 0 Å². The van der Waals surface area contributed by atoms with Crippen molar-refractivity contribution in [2.45, 2.75) is 6.54 Å². The predicted octanol–water partition coefficient (Wildman–Crippen LogP) is 2.79. The molecule has 5 nitrogen and oxygen atoms in total. The lowest BCUT2D eigenvalue weighted by molar-refractivity contribution is 0.0953. The van der Waals surface area contributed by atoms with E-state index in [0.29, 0.717) is 16.6 Å². The zero-order valence-electron chi connectivity index (χ0n) is 10.6. The number of aromatic nitrogens is 1. The summed E-state index contributed by atoms with van der Waals surface area (Å²) in [6.07, 6.45) is 1.71. The lowest BCUT2D eigenvalue weighted by Gasteiger charge is -2.10. The molecule has 0 saturated carbocycles. The molecule has 110 valence electrons. The third-order valence-electron chi connectivity index (χ3n) is 2.80. The van der Waals surface area contributed by atoms with Gasteiger partial charge in [0.25, 0.3) is 11.5 Å². The van der Waals surface area contributed by atoms with E-state index in [1.54, 1.807) is 35.0 Å². The van der Waals surface area contributed by atoms with Crippen LogP contribution in [-0.2, 0) is 6.54 Å². The first-order chi connectivity index (χ1) is 9.92. The fraction of sp³-hybridized carbons (Fsp3) is 0.0769. The van der Waals surface area contributed by atoms with E-state index in [2.05, 4.69) is 53.2 Å². The van der Waals surface area contributed by atoms with Crippen LogP contribution < -0.4 is 16.8 Å². The molecule has 2 rings (SSSR count). The third kappa shape index (κ3) is 3.82. The second-order valence-corrected chi connectivity index (χ2v) is 6.84. The molecule has 1 amide bonds. The van der Waals surface area contributed by atoms with E-state index in [1.165, 1.54) is 0 Å². The number of hydrogen-bond donors (Lipinski definition) is 2. The number of pyridine rings is 1. The van der Waals surface area contributed by atoms with Crippen molar-refractivity contribution in [3.8, 4) is 0 Å². The van der Waals surface area contributed by atoms with Crippen LogP contribution in [0.1, 0.15) is 15.9 Å². The highest BCUT2D eigenvalue weighted by Gasteiger charge is 2.09. The van der Waals surface area contributed by atoms with E-state index in [0.717, 1.165) is 14.5 Å². The minimum Gasteiger partial charge on any atom is -0.309 e. The van der Waals surface area contributed by atoms with Gasteiger partial charge in [-0.15, -0.1) is 0 Å². The number of carbonyl (C=O) groups is 1. The molecule has 0 fully saturated rings. The van der Waals surface area contributed by atoms with Crippen molar-refractivity contribution < 1.29 is 4.79 Å². The number of rotatable bonds is 3. The second-order valence-electron chi connectivity index (χ2n) is 4.22. The Morgan fingerprint density at radius 2 is 1.90 bits per heavy atom. The van der Waals surface area contributed by atoms with Gasteiger partial charge in [-0.1, -0.05) is 22.0 Å². The monoisotopic (exact) mass is 477 g/mol. The Balaban J connectivity index is 2.37. The molecule has 0 aliphatic rings. The van der Waals surface area contributed by atoms with Crippen LogP contribution in [0.5, 0.6) is 0 Å². The van der Waals surface area contributed by atoms with Gasteiger partial charge in [0, 0.05) is 20.7 Å². The van der Waals surface area contributed by atoms with Gasteiger partial charge in [0.1, 0.15) is 0 Å². The summed E-state index contributed by atoms with van der Waals surface area (Å²) in [6, 6.07) is 6.79. The van der Waals surface area contributed by atoms with Crippen molar-refractivity contribution in [2.24, 2.45) is 5.84 Å². The fourth-order valence-corrected chi connectivity index (χ4v) is 3.53. The van der Waals surface area contributed by atoms with Gasteiger partial charge in [0.2, 0.25) is 0 Å². The summed E-state index contributed by atoms with van der Waals surface area (Å²) in [7, 11) is 0. The minimum absolute atomic E-state index is 0.131. The quantitative estimate of drug-likeness (QED) is 0.404. The van der Waals surface area contributed by atoms with Crippen molar-refractivity contribution in [1.29, 1.82) is 0 Å². The van der Waals surface area contributed by atoms with Gasteiger partial charge in [-0.3, -0.25) is 15.0 Å². The Morgan fingerprint density at radius 3 is 2.52 bits per heavy atom. The van der Waals surface area contributed by atoms with Crippen molar-refractivity contribution in [3.63, 3.8) is 0 Å². The maximum absolute atomic E-state index is 12.1. The zero-order valence-corrected chi connectivity index (χ0v) is 15.3. The largest absolute Gasteiger partial charge is 0.309 e. The first-order valence-electron chi connectivity index (χ1n) is 5.77. The van der Waals surface area contributed by atoms with Gasteiger partial charge in [0.05, 0.1) is 11.0 Å². The maximum atomic E-state index is 12.1. The molecule has 3 N–H and O–H groups in total. The molecule has 0 radical (unpaired) electrons. The van der Waals surface area contributed by atoms with Crippen molar-refractivity contribution in [3.05, 3.63) is 65.4 Å². The third-order valence-corrected chi connectivity index (χ3v) is 4.54. The molecule has 0 bridgehead atoms. The van der Waals surface area contributed by atoms with Crippen LogP contribution in [0.25, 0.3) is 0 Å². The first kappa shape index (κ1) is 16.4. The van der Waals surface area contributed by atoms with Crippen molar-refractivity contribution in [2.75, 3.05) is 0 Å². The lowest BCUT2D eigenvalue weighted by atomic mass is 10.1. The summed E-state index contributed by atoms with van der Waals surface area (Å²) in [5.41, 5.74) is 3.26. The summed E-state index contributed by atoms with van der Waals surface area (Å²) in [5, 5.41) is 0. The number of halogens is 3. The fourth-order valence-electron chi connectivity index (χ4n) is 1.77. The summed E-state index contributed by atoms with van der Waals surface area (Å²) >= 11 is 9.98. The van der Waals surface area contributed by atoms with E-state index in [9.17, 15) is 9.59 Å². The number of nitrogens with one attached hydrogen (secondary N) is 1. The highest BCUT2D eigenvalue weighted by atomic mass is 79.9. The average Bonchev–Trinajstić information content (AvgIpc) is 2.45. The number of nitrogens with two attached hydrogens (primary N) is 1. The highest BCUT2D eigenvalue weighted by molar-refractivity contribution is 9.11. The van der Waals surface area contributed by atoms with Crippen LogP contribution in [-0.4, -0.2) is 10.5 Å². The standard InChI is InChI=1S/C13H10Br3N3O2/c14-9-4-11(16)13(21)19(6-9)5-8-2-1-7(3-10(8)15)12(20)18-17/h1-4,6H,5,17H2,(H,18,20). The Morgan fingerprint density at radius 1 is 1.19 bits per heavy atom. The molecule has 2 aromatic rings. The lowest BCUT2D eigenvalue weighted by Crippen LogP contribution is -2.30. The number of nitrogen functional groups attached to an aromatic ring is 1. The Kier molecular flexibility index (Phi) is 5.37. The Labute approximate surface area is 145 Å². The van der Waals surface area contributed by atoms with E-state index < -0.39 is 0 Å². The summed E-state index contributed by atoms with van der Waals surface area (Å²) in [6.45, 7) is 0.377. The average molecular weight is 480 g/mol. The number of hydrazine groups is 1. The van der Waals surface area contributed by atoms with Crippen LogP contribution in [0.4, 0.5) is 0 Å². The van der Waals surface area contributed by atoms with Crippen molar-refractivity contribution in [1.82, 2.24) is 9.99 Å². The van der Waals surface area contributed by atoms with Crippen LogP contribution in [0.15, 0.2) is 48.7 Å². The highest BCUT2D eigenvalue weighted by Crippen LogP contribution is 2.20. The van der Waals surface area contributed by atoms with Gasteiger partial charge < -0.3 is 4.57 Å². The molecule has 1 heterocycles. The molecule has 0 aliphatic carbocycles. The first-order valence-corrected chi connectivity index (χ1v) is 8.15. The summed E-state index contributed by atoms with van der Waals surface area (Å²) in [4.78, 5) is 23.5. The SMILES string of the molecule is NNC(=O)c1ccc(Cn2cc(Br)cc(Br)c2=O)c(Br)c1. The molecule has 0 aliphatic heterocycles. The van der Waals surface area contributed by atoms with Gasteiger partial charge >= 0.3 is 0 Å². The van der Waals surface area contributed by atoms with Crippen LogP contribution in [0.3, 0.4) is 0 Å². The molecular formula is C13H10Br3N3O2. The molecule has 8 heteroatoms. The molecule has 0 saturated heterocycles. The Bertz CT molecular complexity index is 759. The molecule has 0 atom stereocenters. The van der Waals surface area contributed by atoms with Crippen LogP contribution in [0, 0.1) is 0 Å².